The zero-order chi connectivity index (χ0) is 17.3. The highest BCUT2D eigenvalue weighted by Crippen LogP contribution is 2.27. The van der Waals surface area contributed by atoms with Crippen LogP contribution in [0.3, 0.4) is 0 Å². The third kappa shape index (κ3) is 3.46. The summed E-state index contributed by atoms with van der Waals surface area (Å²) in [6, 6.07) is 11.6. The molecule has 0 aromatic heterocycles. The van der Waals surface area contributed by atoms with Crippen molar-refractivity contribution >= 4 is 57.8 Å². The van der Waals surface area contributed by atoms with Crippen LogP contribution in [0, 0.1) is 13.7 Å². The molecule has 3 rings (SSSR count). The first kappa shape index (κ1) is 16.6. The van der Waals surface area contributed by atoms with E-state index in [9.17, 15) is 14.9 Å². The molecule has 2 aromatic carbocycles. The smallest absolute Gasteiger partial charge is 0.363 e. The van der Waals surface area contributed by atoms with Crippen molar-refractivity contribution in [1.29, 1.82) is 0 Å². The molecule has 0 radical (unpaired) electrons. The highest BCUT2D eigenvalue weighted by atomic mass is 127. The van der Waals surface area contributed by atoms with Gasteiger partial charge in [0.1, 0.15) is 5.02 Å². The Morgan fingerprint density at radius 1 is 1.25 bits per heavy atom. The fourth-order valence-corrected chi connectivity index (χ4v) is 2.83. The number of nitro benzene ring substituents is 1. The van der Waals surface area contributed by atoms with E-state index < -0.39 is 10.9 Å². The lowest BCUT2D eigenvalue weighted by Crippen LogP contribution is -2.06. The molecule has 1 aliphatic heterocycles. The summed E-state index contributed by atoms with van der Waals surface area (Å²) in [6.45, 7) is 0. The molecule has 0 aliphatic carbocycles. The van der Waals surface area contributed by atoms with E-state index >= 15 is 0 Å². The second-order valence-corrected chi connectivity index (χ2v) is 6.47. The number of hydrogen-bond acceptors (Lipinski definition) is 5. The van der Waals surface area contributed by atoms with Gasteiger partial charge < -0.3 is 4.74 Å². The van der Waals surface area contributed by atoms with Gasteiger partial charge in [-0.25, -0.2) is 9.79 Å². The molecule has 0 fully saturated rings. The fraction of sp³-hybridized carbons (Fsp3) is 0. The van der Waals surface area contributed by atoms with Gasteiger partial charge in [0.25, 0.3) is 5.69 Å². The summed E-state index contributed by atoms with van der Waals surface area (Å²) in [6.07, 6.45) is 1.60. The van der Waals surface area contributed by atoms with Gasteiger partial charge in [-0.15, -0.1) is 0 Å². The number of rotatable bonds is 3. The van der Waals surface area contributed by atoms with Crippen LogP contribution in [0.2, 0.25) is 5.02 Å². The maximum Gasteiger partial charge on any atom is 0.363 e. The Labute approximate surface area is 155 Å². The van der Waals surface area contributed by atoms with Crippen molar-refractivity contribution in [2.45, 2.75) is 0 Å². The predicted molar refractivity (Wildman–Crippen MR) is 97.9 cm³/mol. The Morgan fingerprint density at radius 2 is 2.04 bits per heavy atom. The van der Waals surface area contributed by atoms with Gasteiger partial charge in [0.2, 0.25) is 5.90 Å². The van der Waals surface area contributed by atoms with E-state index in [0.29, 0.717) is 5.56 Å². The molecule has 2 aromatic rings. The van der Waals surface area contributed by atoms with Crippen molar-refractivity contribution in [3.05, 3.63) is 78.0 Å². The van der Waals surface area contributed by atoms with Crippen LogP contribution in [0.25, 0.3) is 6.08 Å². The zero-order valence-corrected chi connectivity index (χ0v) is 14.8. The van der Waals surface area contributed by atoms with Gasteiger partial charge in [0.05, 0.1) is 4.92 Å². The number of nitro groups is 1. The minimum absolute atomic E-state index is 0.00306. The topological polar surface area (TPSA) is 81.8 Å². The third-order valence-corrected chi connectivity index (χ3v) is 4.15. The first-order valence-corrected chi connectivity index (χ1v) is 8.12. The molecule has 24 heavy (non-hydrogen) atoms. The van der Waals surface area contributed by atoms with Crippen LogP contribution in [0.5, 0.6) is 0 Å². The number of halogens is 2. The molecule has 1 heterocycles. The maximum atomic E-state index is 12.0. The van der Waals surface area contributed by atoms with E-state index in [4.69, 9.17) is 16.3 Å². The summed E-state index contributed by atoms with van der Waals surface area (Å²) in [4.78, 5) is 26.4. The number of esters is 1. The standard InChI is InChI=1S/C16H8ClIN2O4/c17-12-5-4-10(8-14(12)20(22)23)15-19-13(16(21)24-15)7-9-2-1-3-11(18)6-9/h1-8H/b13-7-. The van der Waals surface area contributed by atoms with Crippen LogP contribution in [0.1, 0.15) is 11.1 Å². The minimum Gasteiger partial charge on any atom is -0.402 e. The summed E-state index contributed by atoms with van der Waals surface area (Å²) < 4.78 is 6.13. The first-order chi connectivity index (χ1) is 11.4. The van der Waals surface area contributed by atoms with E-state index in [1.165, 1.54) is 18.2 Å². The van der Waals surface area contributed by atoms with E-state index in [1.54, 1.807) is 6.08 Å². The van der Waals surface area contributed by atoms with Crippen molar-refractivity contribution in [3.8, 4) is 0 Å². The highest BCUT2D eigenvalue weighted by Gasteiger charge is 2.26. The molecule has 6 nitrogen and oxygen atoms in total. The summed E-state index contributed by atoms with van der Waals surface area (Å²) in [7, 11) is 0. The average Bonchev–Trinajstić information content (AvgIpc) is 2.88. The second-order valence-electron chi connectivity index (χ2n) is 4.81. The number of ether oxygens (including phenoxy) is 1. The van der Waals surface area contributed by atoms with E-state index in [2.05, 4.69) is 27.6 Å². The number of hydrogen-bond donors (Lipinski definition) is 0. The van der Waals surface area contributed by atoms with Gasteiger partial charge in [0, 0.05) is 15.2 Å². The van der Waals surface area contributed by atoms with E-state index in [0.717, 1.165) is 9.13 Å². The monoisotopic (exact) mass is 454 g/mol. The third-order valence-electron chi connectivity index (χ3n) is 3.16. The van der Waals surface area contributed by atoms with Gasteiger partial charge in [-0.1, -0.05) is 23.7 Å². The van der Waals surface area contributed by atoms with Crippen molar-refractivity contribution in [2.24, 2.45) is 4.99 Å². The molecular weight excluding hydrogens is 447 g/mol. The van der Waals surface area contributed by atoms with Crippen molar-refractivity contribution in [2.75, 3.05) is 0 Å². The van der Waals surface area contributed by atoms with Crippen LogP contribution >= 0.6 is 34.2 Å². The number of cyclic esters (lactones) is 1. The summed E-state index contributed by atoms with van der Waals surface area (Å²) >= 11 is 7.94. The molecule has 0 N–H and O–H groups in total. The lowest BCUT2D eigenvalue weighted by Gasteiger charge is -2.00. The molecule has 0 spiro atoms. The Hall–Kier alpha value is -2.26. The fourth-order valence-electron chi connectivity index (χ4n) is 2.07. The average molecular weight is 455 g/mol. The van der Waals surface area contributed by atoms with Crippen LogP contribution < -0.4 is 0 Å². The number of aliphatic imine (C=N–C) groups is 1. The zero-order valence-electron chi connectivity index (χ0n) is 11.9. The molecule has 120 valence electrons. The highest BCUT2D eigenvalue weighted by molar-refractivity contribution is 14.1. The lowest BCUT2D eigenvalue weighted by atomic mass is 10.2. The predicted octanol–water partition coefficient (Wildman–Crippen LogP) is 4.20. The quantitative estimate of drug-likeness (QED) is 0.229. The summed E-state index contributed by atoms with van der Waals surface area (Å²) in [5.74, 6) is -0.599. The molecule has 0 atom stereocenters. The van der Waals surface area contributed by atoms with E-state index in [-0.39, 0.29) is 22.3 Å². The maximum absolute atomic E-state index is 12.0. The Kier molecular flexibility index (Phi) is 4.63. The molecule has 0 bridgehead atoms. The second kappa shape index (κ2) is 6.70. The largest absolute Gasteiger partial charge is 0.402 e. The molecule has 0 saturated carbocycles. The number of carbonyl (C=O) groups is 1. The van der Waals surface area contributed by atoms with Crippen LogP contribution in [-0.2, 0) is 9.53 Å². The van der Waals surface area contributed by atoms with Gasteiger partial charge in [-0.2, -0.15) is 0 Å². The van der Waals surface area contributed by atoms with Crippen molar-refractivity contribution in [1.82, 2.24) is 0 Å². The lowest BCUT2D eigenvalue weighted by molar-refractivity contribution is -0.384. The van der Waals surface area contributed by atoms with Gasteiger partial charge >= 0.3 is 5.97 Å². The summed E-state index contributed by atoms with van der Waals surface area (Å²) in [5, 5.41) is 11.0. The molecular formula is C16H8ClIN2O4. The summed E-state index contributed by atoms with van der Waals surface area (Å²) in [5.41, 5.74) is 0.971. The number of carbonyl (C=O) groups excluding carboxylic acids is 1. The molecule has 1 aliphatic rings. The van der Waals surface area contributed by atoms with Crippen molar-refractivity contribution in [3.63, 3.8) is 0 Å². The Morgan fingerprint density at radius 3 is 2.75 bits per heavy atom. The van der Waals surface area contributed by atoms with Crippen molar-refractivity contribution < 1.29 is 14.5 Å². The number of benzene rings is 2. The molecule has 0 amide bonds. The Bertz CT molecular complexity index is 924. The molecule has 0 saturated heterocycles. The van der Waals surface area contributed by atoms with Crippen LogP contribution in [0.4, 0.5) is 5.69 Å². The van der Waals surface area contributed by atoms with Gasteiger partial charge in [-0.3, -0.25) is 10.1 Å². The normalized spacial score (nSPS) is 15.3. The SMILES string of the molecule is O=C1OC(c2ccc(Cl)c([N+](=O)[O-])c2)=N/C1=C\c1cccc(I)c1. The van der Waals surface area contributed by atoms with Gasteiger partial charge in [-0.05, 0) is 58.5 Å². The molecule has 0 unspecified atom stereocenters. The minimum atomic E-state index is -0.610. The Balaban J connectivity index is 1.98. The molecule has 8 heteroatoms. The van der Waals surface area contributed by atoms with Crippen LogP contribution in [0.15, 0.2) is 53.2 Å². The first-order valence-electron chi connectivity index (χ1n) is 6.66. The van der Waals surface area contributed by atoms with Crippen LogP contribution in [-0.4, -0.2) is 16.8 Å². The van der Waals surface area contributed by atoms with Gasteiger partial charge in [0.15, 0.2) is 5.70 Å². The number of nitrogens with zero attached hydrogens (tertiary/aromatic N) is 2. The van der Waals surface area contributed by atoms with E-state index in [1.807, 2.05) is 24.3 Å².